The third kappa shape index (κ3) is 3.91. The average molecular weight is 268 g/mol. The maximum absolute atomic E-state index is 11.4. The highest BCUT2D eigenvalue weighted by atomic mass is 16.3. The first-order valence-electron chi connectivity index (χ1n) is 7.33. The van der Waals surface area contributed by atoms with E-state index < -0.39 is 0 Å². The van der Waals surface area contributed by atoms with Crippen LogP contribution in [-0.2, 0) is 4.79 Å². The largest absolute Gasteiger partial charge is 0.393 e. The molecule has 2 heterocycles. The molecule has 0 spiro atoms. The quantitative estimate of drug-likeness (QED) is 0.743. The van der Waals surface area contributed by atoms with Crippen LogP contribution in [0.25, 0.3) is 0 Å². The van der Waals surface area contributed by atoms with Gasteiger partial charge < -0.3 is 15.7 Å². The Balaban J connectivity index is 1.79. The normalized spacial score (nSPS) is 34.3. The summed E-state index contributed by atoms with van der Waals surface area (Å²) in [6, 6.07) is -0.124. The third-order valence-corrected chi connectivity index (χ3v) is 4.43. The van der Waals surface area contributed by atoms with Crippen LogP contribution in [0.2, 0.25) is 0 Å². The number of likely N-dealkylation sites (tertiary alicyclic amines) is 2. The van der Waals surface area contributed by atoms with Crippen LogP contribution in [-0.4, -0.2) is 65.7 Å². The first-order chi connectivity index (χ1) is 9.08. The van der Waals surface area contributed by atoms with Gasteiger partial charge in [-0.2, -0.15) is 0 Å². The number of carbonyl (C=O) groups excluding carboxylic acids is 1. The zero-order valence-electron chi connectivity index (χ0n) is 11.8. The monoisotopic (exact) mass is 268 g/mol. The zero-order chi connectivity index (χ0) is 13.8. The summed E-state index contributed by atoms with van der Waals surface area (Å²) in [4.78, 5) is 16.0. The number of hydrogen-bond acceptors (Lipinski definition) is 4. The molecule has 0 bridgehead atoms. The molecule has 0 aromatic rings. The van der Waals surface area contributed by atoms with Crippen LogP contribution >= 0.6 is 0 Å². The van der Waals surface area contributed by atoms with Gasteiger partial charge in [0, 0.05) is 26.2 Å². The minimum Gasteiger partial charge on any atom is -0.393 e. The van der Waals surface area contributed by atoms with Crippen LogP contribution in [0.1, 0.15) is 26.2 Å². The molecule has 2 aliphatic heterocycles. The van der Waals surface area contributed by atoms with E-state index in [4.69, 9.17) is 5.73 Å². The van der Waals surface area contributed by atoms with E-state index in [9.17, 15) is 9.90 Å². The first-order valence-corrected chi connectivity index (χ1v) is 7.33. The van der Waals surface area contributed by atoms with E-state index in [0.717, 1.165) is 52.0 Å². The summed E-state index contributed by atoms with van der Waals surface area (Å²) in [5.41, 5.74) is 5.46. The number of primary amides is 1. The van der Waals surface area contributed by atoms with E-state index in [1.54, 1.807) is 0 Å². The molecular formula is C14H26N3O2. The Hall–Kier alpha value is -0.650. The van der Waals surface area contributed by atoms with Gasteiger partial charge in [-0.25, -0.2) is 0 Å². The third-order valence-electron chi connectivity index (χ3n) is 4.43. The van der Waals surface area contributed by atoms with Gasteiger partial charge in [0.25, 0.3) is 0 Å². The second kappa shape index (κ2) is 6.68. The molecule has 0 aromatic heterocycles. The lowest BCUT2D eigenvalue weighted by Crippen LogP contribution is -2.51. The number of aliphatic hydroxyl groups excluding tert-OH is 1. The second-order valence-corrected chi connectivity index (χ2v) is 5.90. The predicted molar refractivity (Wildman–Crippen MR) is 74.3 cm³/mol. The lowest BCUT2D eigenvalue weighted by atomic mass is 9.96. The Labute approximate surface area is 115 Å². The summed E-state index contributed by atoms with van der Waals surface area (Å²) in [6.45, 7) is 6.78. The van der Waals surface area contributed by atoms with Gasteiger partial charge in [-0.15, -0.1) is 0 Å². The summed E-state index contributed by atoms with van der Waals surface area (Å²) in [5, 5.41) is 9.72. The molecule has 1 unspecified atom stereocenters. The molecule has 3 N–H and O–H groups in total. The number of amides is 1. The van der Waals surface area contributed by atoms with Crippen molar-refractivity contribution in [2.75, 3.05) is 32.7 Å². The Morgan fingerprint density at radius 1 is 1.42 bits per heavy atom. The van der Waals surface area contributed by atoms with Crippen molar-refractivity contribution >= 4 is 5.91 Å². The first kappa shape index (κ1) is 14.8. The fraction of sp³-hybridized carbons (Fsp3) is 0.857. The fourth-order valence-corrected chi connectivity index (χ4v) is 3.09. The average Bonchev–Trinajstić information content (AvgIpc) is 2.40. The van der Waals surface area contributed by atoms with Gasteiger partial charge in [0.1, 0.15) is 0 Å². The number of nitrogens with two attached hydrogens (primary N) is 1. The highest BCUT2D eigenvalue weighted by Gasteiger charge is 2.28. The molecule has 2 saturated heterocycles. The van der Waals surface area contributed by atoms with Gasteiger partial charge in [-0.3, -0.25) is 9.69 Å². The molecule has 3 atom stereocenters. The van der Waals surface area contributed by atoms with Crippen molar-refractivity contribution in [1.29, 1.82) is 0 Å². The minimum atomic E-state index is -0.210. The van der Waals surface area contributed by atoms with Gasteiger partial charge in [0.2, 0.25) is 5.91 Å². The SMILES string of the molecule is C[C@H]1CN(CCN2CC[CH]CC2C(N)=O)CC[C@@H]1O. The summed E-state index contributed by atoms with van der Waals surface area (Å²) < 4.78 is 0. The summed E-state index contributed by atoms with van der Waals surface area (Å²) in [6.07, 6.45) is 4.68. The van der Waals surface area contributed by atoms with Crippen LogP contribution < -0.4 is 5.73 Å². The standard InChI is InChI=1S/C14H26N3O2/c1-11-10-16(7-5-13(11)18)8-9-17-6-3-2-4-12(17)14(15)19/h2,11-13,18H,3-10H2,1H3,(H2,15,19)/t11-,12?,13-/m0/s1. The van der Waals surface area contributed by atoms with Crippen molar-refractivity contribution in [1.82, 2.24) is 9.80 Å². The highest BCUT2D eigenvalue weighted by Crippen LogP contribution is 2.18. The van der Waals surface area contributed by atoms with Crippen molar-refractivity contribution in [3.63, 3.8) is 0 Å². The van der Waals surface area contributed by atoms with E-state index in [2.05, 4.69) is 23.1 Å². The van der Waals surface area contributed by atoms with Gasteiger partial charge in [0.05, 0.1) is 12.1 Å². The number of carbonyl (C=O) groups is 1. The van der Waals surface area contributed by atoms with Crippen LogP contribution in [0.4, 0.5) is 0 Å². The number of piperidine rings is 2. The van der Waals surface area contributed by atoms with Crippen LogP contribution in [0.5, 0.6) is 0 Å². The van der Waals surface area contributed by atoms with E-state index in [1.165, 1.54) is 0 Å². The second-order valence-electron chi connectivity index (χ2n) is 5.90. The Morgan fingerprint density at radius 2 is 2.21 bits per heavy atom. The van der Waals surface area contributed by atoms with Crippen molar-refractivity contribution in [2.45, 2.75) is 38.3 Å². The molecule has 5 nitrogen and oxygen atoms in total. The summed E-state index contributed by atoms with van der Waals surface area (Å²) in [5.74, 6) is 0.133. The fourth-order valence-electron chi connectivity index (χ4n) is 3.09. The Morgan fingerprint density at radius 3 is 2.89 bits per heavy atom. The maximum atomic E-state index is 11.4. The van der Waals surface area contributed by atoms with Crippen LogP contribution in [0.15, 0.2) is 0 Å². The minimum absolute atomic E-state index is 0.124. The van der Waals surface area contributed by atoms with Gasteiger partial charge in [-0.1, -0.05) is 6.92 Å². The van der Waals surface area contributed by atoms with Crippen molar-refractivity contribution < 1.29 is 9.90 Å². The molecule has 1 amide bonds. The topological polar surface area (TPSA) is 69.8 Å². The molecule has 5 heteroatoms. The highest BCUT2D eigenvalue weighted by molar-refractivity contribution is 5.80. The van der Waals surface area contributed by atoms with E-state index >= 15 is 0 Å². The Bertz CT molecular complexity index is 311. The van der Waals surface area contributed by atoms with Crippen LogP contribution in [0, 0.1) is 12.3 Å². The van der Waals surface area contributed by atoms with Crippen molar-refractivity contribution in [3.8, 4) is 0 Å². The Kier molecular flexibility index (Phi) is 5.19. The van der Waals surface area contributed by atoms with Crippen molar-refractivity contribution in [3.05, 3.63) is 6.42 Å². The molecule has 109 valence electrons. The molecular weight excluding hydrogens is 242 g/mol. The van der Waals surface area contributed by atoms with Crippen molar-refractivity contribution in [2.24, 2.45) is 11.7 Å². The smallest absolute Gasteiger partial charge is 0.234 e. The molecule has 19 heavy (non-hydrogen) atoms. The van der Waals surface area contributed by atoms with Gasteiger partial charge >= 0.3 is 0 Å². The molecule has 1 radical (unpaired) electrons. The van der Waals surface area contributed by atoms with Gasteiger partial charge in [0.15, 0.2) is 0 Å². The molecule has 0 aromatic carbocycles. The van der Waals surface area contributed by atoms with Gasteiger partial charge in [-0.05, 0) is 38.1 Å². The molecule has 2 rings (SSSR count). The molecule has 2 fully saturated rings. The number of hydrogen-bond donors (Lipinski definition) is 2. The molecule has 2 aliphatic rings. The summed E-state index contributed by atoms with van der Waals surface area (Å²) >= 11 is 0. The maximum Gasteiger partial charge on any atom is 0.234 e. The lowest BCUT2D eigenvalue weighted by molar-refractivity contribution is -0.123. The van der Waals surface area contributed by atoms with E-state index in [1.807, 2.05) is 0 Å². The number of rotatable bonds is 4. The lowest BCUT2D eigenvalue weighted by Gasteiger charge is -2.38. The number of aliphatic hydroxyl groups is 1. The molecule has 0 aliphatic carbocycles. The van der Waals surface area contributed by atoms with Crippen LogP contribution in [0.3, 0.4) is 0 Å². The summed E-state index contributed by atoms with van der Waals surface area (Å²) in [7, 11) is 0. The number of nitrogens with zero attached hydrogens (tertiary/aromatic N) is 2. The predicted octanol–water partition coefficient (Wildman–Crippen LogP) is -0.157. The van der Waals surface area contributed by atoms with E-state index in [0.29, 0.717) is 5.92 Å². The molecule has 0 saturated carbocycles. The zero-order valence-corrected chi connectivity index (χ0v) is 11.8. The van der Waals surface area contributed by atoms with E-state index in [-0.39, 0.29) is 18.1 Å².